The summed E-state index contributed by atoms with van der Waals surface area (Å²) in [5.41, 5.74) is 7.33. The zero-order chi connectivity index (χ0) is 14.5. The molecule has 0 radical (unpaired) electrons. The molecule has 0 spiro atoms. The minimum absolute atomic E-state index is 0.213. The normalized spacial score (nSPS) is 12.6. The first-order valence-electron chi connectivity index (χ1n) is 7.22. The Labute approximate surface area is 119 Å². The first-order valence-corrected chi connectivity index (χ1v) is 7.22. The highest BCUT2D eigenvalue weighted by Crippen LogP contribution is 2.30. The van der Waals surface area contributed by atoms with Crippen molar-refractivity contribution >= 4 is 22.3 Å². The van der Waals surface area contributed by atoms with Crippen molar-refractivity contribution in [2.45, 2.75) is 45.6 Å². The number of hydrogen-bond acceptors (Lipinski definition) is 3. The van der Waals surface area contributed by atoms with Crippen LogP contribution in [0.2, 0.25) is 0 Å². The number of pyridine rings is 1. The number of fused-ring (bicyclic) bond motifs is 1. The van der Waals surface area contributed by atoms with Gasteiger partial charge in [0.2, 0.25) is 0 Å². The molecule has 3 nitrogen and oxygen atoms in total. The largest absolute Gasteiger partial charge is 0.398 e. The number of hydrogen-bond donors (Lipinski definition) is 2. The molecule has 2 aromatic rings. The lowest BCUT2D eigenvalue weighted by Gasteiger charge is -2.17. The number of nitrogens with zero attached hydrogens (tertiary/aromatic N) is 1. The standard InChI is InChI=1S/C16H22FN3/c1-3-4-5-7-11(2)20-16-13(17)10-14(18)12-8-6-9-19-15(12)16/h6,8-11,20H,3-5,7,18H2,1-2H3. The molecule has 1 aromatic heterocycles. The predicted octanol–water partition coefficient (Wildman–Crippen LogP) is 4.34. The zero-order valence-corrected chi connectivity index (χ0v) is 12.1. The molecule has 0 saturated carbocycles. The Balaban J connectivity index is 2.25. The highest BCUT2D eigenvalue weighted by molar-refractivity contribution is 5.98. The molecule has 4 heteroatoms. The van der Waals surface area contributed by atoms with Crippen LogP contribution in [-0.2, 0) is 0 Å². The van der Waals surface area contributed by atoms with Gasteiger partial charge in [-0.25, -0.2) is 4.39 Å². The molecule has 1 atom stereocenters. The Morgan fingerprint density at radius 3 is 2.95 bits per heavy atom. The van der Waals surface area contributed by atoms with Crippen molar-refractivity contribution in [3.05, 3.63) is 30.2 Å². The molecule has 1 unspecified atom stereocenters. The van der Waals surface area contributed by atoms with E-state index in [1.807, 2.05) is 12.1 Å². The van der Waals surface area contributed by atoms with Crippen LogP contribution in [0.25, 0.3) is 10.9 Å². The molecule has 0 aliphatic heterocycles. The van der Waals surface area contributed by atoms with Gasteiger partial charge >= 0.3 is 0 Å². The van der Waals surface area contributed by atoms with E-state index in [2.05, 4.69) is 24.1 Å². The van der Waals surface area contributed by atoms with Crippen LogP contribution >= 0.6 is 0 Å². The Kier molecular flexibility index (Phi) is 4.77. The molecule has 1 aromatic carbocycles. The highest BCUT2D eigenvalue weighted by atomic mass is 19.1. The molecule has 0 bridgehead atoms. The number of unbranched alkanes of at least 4 members (excludes halogenated alkanes) is 2. The number of nitrogens with one attached hydrogen (secondary N) is 1. The van der Waals surface area contributed by atoms with Gasteiger partial charge in [0.05, 0.1) is 11.2 Å². The highest BCUT2D eigenvalue weighted by Gasteiger charge is 2.13. The summed E-state index contributed by atoms with van der Waals surface area (Å²) in [6.07, 6.45) is 6.22. The van der Waals surface area contributed by atoms with Gasteiger partial charge in [-0.3, -0.25) is 4.98 Å². The van der Waals surface area contributed by atoms with Gasteiger partial charge in [0.25, 0.3) is 0 Å². The summed E-state index contributed by atoms with van der Waals surface area (Å²) in [7, 11) is 0. The van der Waals surface area contributed by atoms with Crippen molar-refractivity contribution in [2.75, 3.05) is 11.1 Å². The zero-order valence-electron chi connectivity index (χ0n) is 12.1. The van der Waals surface area contributed by atoms with Crippen LogP contribution in [0.15, 0.2) is 24.4 Å². The summed E-state index contributed by atoms with van der Waals surface area (Å²) in [6, 6.07) is 5.25. The van der Waals surface area contributed by atoms with E-state index in [9.17, 15) is 4.39 Å². The van der Waals surface area contributed by atoms with Crippen molar-refractivity contribution in [1.29, 1.82) is 0 Å². The molecule has 0 saturated heterocycles. The maximum Gasteiger partial charge on any atom is 0.150 e. The fourth-order valence-corrected chi connectivity index (χ4v) is 2.39. The van der Waals surface area contributed by atoms with Gasteiger partial charge in [0, 0.05) is 23.3 Å². The number of aromatic nitrogens is 1. The maximum absolute atomic E-state index is 14.1. The summed E-state index contributed by atoms with van der Waals surface area (Å²) >= 11 is 0. The Bertz CT molecular complexity index is 583. The fraction of sp³-hybridized carbons (Fsp3) is 0.438. The minimum atomic E-state index is -0.337. The SMILES string of the molecule is CCCCCC(C)Nc1c(F)cc(N)c2cccnc12. The van der Waals surface area contributed by atoms with E-state index >= 15 is 0 Å². The lowest BCUT2D eigenvalue weighted by Crippen LogP contribution is -2.16. The number of nitrogens with two attached hydrogens (primary N) is 1. The van der Waals surface area contributed by atoms with Crippen LogP contribution in [-0.4, -0.2) is 11.0 Å². The van der Waals surface area contributed by atoms with Crippen molar-refractivity contribution < 1.29 is 4.39 Å². The van der Waals surface area contributed by atoms with Gasteiger partial charge in [-0.2, -0.15) is 0 Å². The Hall–Kier alpha value is -1.84. The van der Waals surface area contributed by atoms with Crippen LogP contribution in [0.3, 0.4) is 0 Å². The van der Waals surface area contributed by atoms with Crippen molar-refractivity contribution in [1.82, 2.24) is 4.98 Å². The van der Waals surface area contributed by atoms with Gasteiger partial charge in [-0.15, -0.1) is 0 Å². The van der Waals surface area contributed by atoms with Gasteiger partial charge in [-0.1, -0.05) is 26.2 Å². The smallest absolute Gasteiger partial charge is 0.150 e. The quantitative estimate of drug-likeness (QED) is 0.609. The van der Waals surface area contributed by atoms with Gasteiger partial charge in [0.1, 0.15) is 0 Å². The van der Waals surface area contributed by atoms with E-state index in [-0.39, 0.29) is 11.9 Å². The van der Waals surface area contributed by atoms with Gasteiger partial charge < -0.3 is 11.1 Å². The van der Waals surface area contributed by atoms with Crippen LogP contribution in [0, 0.1) is 5.82 Å². The van der Waals surface area contributed by atoms with Crippen LogP contribution < -0.4 is 11.1 Å². The molecule has 0 amide bonds. The Morgan fingerprint density at radius 2 is 2.20 bits per heavy atom. The van der Waals surface area contributed by atoms with Crippen molar-refractivity contribution in [3.63, 3.8) is 0 Å². The van der Waals surface area contributed by atoms with E-state index in [1.165, 1.54) is 18.9 Å². The topological polar surface area (TPSA) is 50.9 Å². The third-order valence-corrected chi connectivity index (χ3v) is 3.51. The molecule has 20 heavy (non-hydrogen) atoms. The number of anilines is 2. The number of nitrogen functional groups attached to an aromatic ring is 1. The lowest BCUT2D eigenvalue weighted by atomic mass is 10.1. The van der Waals surface area contributed by atoms with E-state index in [0.29, 0.717) is 16.9 Å². The average molecular weight is 275 g/mol. The summed E-state index contributed by atoms with van der Waals surface area (Å²) in [5, 5.41) is 4.04. The van der Waals surface area contributed by atoms with E-state index < -0.39 is 0 Å². The van der Waals surface area contributed by atoms with Crippen molar-refractivity contribution in [2.24, 2.45) is 0 Å². The molecule has 0 aliphatic carbocycles. The summed E-state index contributed by atoms with van der Waals surface area (Å²) in [6.45, 7) is 4.25. The second-order valence-electron chi connectivity index (χ2n) is 5.26. The van der Waals surface area contributed by atoms with Gasteiger partial charge in [0.15, 0.2) is 5.82 Å². The lowest BCUT2D eigenvalue weighted by molar-refractivity contribution is 0.601. The van der Waals surface area contributed by atoms with Crippen molar-refractivity contribution in [3.8, 4) is 0 Å². The molecule has 108 valence electrons. The summed E-state index contributed by atoms with van der Waals surface area (Å²) in [4.78, 5) is 4.27. The first-order chi connectivity index (χ1) is 9.63. The fourth-order valence-electron chi connectivity index (χ4n) is 2.39. The van der Waals surface area contributed by atoms with Crippen LogP contribution in [0.4, 0.5) is 15.8 Å². The molecule has 2 rings (SSSR count). The van der Waals surface area contributed by atoms with E-state index in [4.69, 9.17) is 5.73 Å². The predicted molar refractivity (Wildman–Crippen MR) is 83.3 cm³/mol. The van der Waals surface area contributed by atoms with Crippen LogP contribution in [0.5, 0.6) is 0 Å². The molecule has 0 fully saturated rings. The van der Waals surface area contributed by atoms with E-state index in [0.717, 1.165) is 18.2 Å². The summed E-state index contributed by atoms with van der Waals surface area (Å²) < 4.78 is 14.1. The number of rotatable bonds is 6. The third-order valence-electron chi connectivity index (χ3n) is 3.51. The average Bonchev–Trinajstić information content (AvgIpc) is 2.44. The third kappa shape index (κ3) is 3.18. The Morgan fingerprint density at radius 1 is 1.40 bits per heavy atom. The summed E-state index contributed by atoms with van der Waals surface area (Å²) in [5.74, 6) is -0.337. The molecular weight excluding hydrogens is 253 g/mol. The monoisotopic (exact) mass is 275 g/mol. The molecule has 1 heterocycles. The number of halogens is 1. The van der Waals surface area contributed by atoms with Crippen LogP contribution in [0.1, 0.15) is 39.5 Å². The second-order valence-corrected chi connectivity index (χ2v) is 5.26. The first kappa shape index (κ1) is 14.6. The minimum Gasteiger partial charge on any atom is -0.398 e. The molecule has 3 N–H and O–H groups in total. The molecular formula is C16H22FN3. The van der Waals surface area contributed by atoms with E-state index in [1.54, 1.807) is 6.20 Å². The van der Waals surface area contributed by atoms with Gasteiger partial charge in [-0.05, 0) is 31.5 Å². The maximum atomic E-state index is 14.1. The second kappa shape index (κ2) is 6.55. The number of benzene rings is 1. The molecule has 0 aliphatic rings.